The second-order valence-electron chi connectivity index (χ2n) is 14.0. The molecule has 0 saturated carbocycles. The molecule has 0 heterocycles. The lowest BCUT2D eigenvalue weighted by Gasteiger charge is -2.32. The Balaban J connectivity index is 5.06. The fraction of sp³-hybridized carbons (Fsp3) is 0.889. The molecule has 34 heavy (non-hydrogen) atoms. The molecule has 0 aliphatic rings. The molecule has 7 nitrogen and oxygen atoms in total. The highest BCUT2D eigenvalue weighted by atomic mass is 16.6. The quantitative estimate of drug-likeness (QED) is 0.269. The molecule has 0 fully saturated rings. The standard InChI is InChI=1S/C27H51NO6/c1-23(2,3)18-26(10,11)20(29)32-16-14-28(22(31)34-25(7,8)9)15-17-33-21(30)27(12,13)19-24(4,5)6/h14-19H2,1-13H3. The van der Waals surface area contributed by atoms with Crippen molar-refractivity contribution in [1.82, 2.24) is 4.90 Å². The highest BCUT2D eigenvalue weighted by Crippen LogP contribution is 2.35. The molecule has 0 saturated heterocycles. The van der Waals surface area contributed by atoms with Gasteiger partial charge in [-0.2, -0.15) is 0 Å². The normalized spacial score (nSPS) is 13.3. The van der Waals surface area contributed by atoms with Gasteiger partial charge in [-0.15, -0.1) is 0 Å². The van der Waals surface area contributed by atoms with Crippen LogP contribution in [0.3, 0.4) is 0 Å². The van der Waals surface area contributed by atoms with Crippen LogP contribution in [0.1, 0.15) is 103 Å². The van der Waals surface area contributed by atoms with Gasteiger partial charge in [-0.1, -0.05) is 41.5 Å². The van der Waals surface area contributed by atoms with Gasteiger partial charge in [0.25, 0.3) is 0 Å². The maximum Gasteiger partial charge on any atom is 0.410 e. The molecule has 7 heteroatoms. The summed E-state index contributed by atoms with van der Waals surface area (Å²) >= 11 is 0. The minimum absolute atomic E-state index is 0.0181. The lowest BCUT2D eigenvalue weighted by Crippen LogP contribution is -2.42. The van der Waals surface area contributed by atoms with Crippen molar-refractivity contribution in [3.05, 3.63) is 0 Å². The van der Waals surface area contributed by atoms with Crippen LogP contribution in [0.5, 0.6) is 0 Å². The topological polar surface area (TPSA) is 82.1 Å². The Morgan fingerprint density at radius 2 is 0.912 bits per heavy atom. The second kappa shape index (κ2) is 11.8. The number of rotatable bonds is 10. The average molecular weight is 486 g/mol. The molecule has 200 valence electrons. The first-order valence-corrected chi connectivity index (χ1v) is 12.3. The zero-order chi connectivity index (χ0) is 27.2. The molecule has 0 radical (unpaired) electrons. The molecule has 0 N–H and O–H groups in total. The summed E-state index contributed by atoms with van der Waals surface area (Å²) in [6.45, 7) is 25.7. The SMILES string of the molecule is CC(C)(C)CC(C)(C)C(=O)OCCN(CCOC(=O)C(C)(C)CC(C)(C)C)C(=O)OC(C)(C)C. The van der Waals surface area contributed by atoms with E-state index in [0.717, 1.165) is 0 Å². The molecule has 1 amide bonds. The van der Waals surface area contributed by atoms with Gasteiger partial charge < -0.3 is 19.1 Å². The van der Waals surface area contributed by atoms with Crippen LogP contribution in [-0.4, -0.2) is 54.8 Å². The lowest BCUT2D eigenvalue weighted by molar-refractivity contribution is -0.156. The van der Waals surface area contributed by atoms with Gasteiger partial charge in [-0.3, -0.25) is 9.59 Å². The predicted octanol–water partition coefficient (Wildman–Crippen LogP) is 6.23. The maximum absolute atomic E-state index is 12.7. The molecule has 0 atom stereocenters. The van der Waals surface area contributed by atoms with E-state index in [9.17, 15) is 14.4 Å². The summed E-state index contributed by atoms with van der Waals surface area (Å²) in [4.78, 5) is 39.4. The summed E-state index contributed by atoms with van der Waals surface area (Å²) in [6.07, 6.45) is 0.812. The first-order chi connectivity index (χ1) is 15.0. The smallest absolute Gasteiger partial charge is 0.410 e. The molecule has 0 aromatic carbocycles. The highest BCUT2D eigenvalue weighted by molar-refractivity contribution is 5.76. The van der Waals surface area contributed by atoms with Crippen molar-refractivity contribution in [2.24, 2.45) is 21.7 Å². The van der Waals surface area contributed by atoms with Crippen molar-refractivity contribution >= 4 is 18.0 Å². The van der Waals surface area contributed by atoms with Crippen LogP contribution in [0.15, 0.2) is 0 Å². The van der Waals surface area contributed by atoms with E-state index in [1.807, 2.05) is 27.7 Å². The zero-order valence-corrected chi connectivity index (χ0v) is 24.1. The zero-order valence-electron chi connectivity index (χ0n) is 24.1. The maximum atomic E-state index is 12.7. The Kier molecular flexibility index (Phi) is 11.1. The molecule has 0 rings (SSSR count). The molecular formula is C27H51NO6. The fourth-order valence-corrected chi connectivity index (χ4v) is 4.30. The lowest BCUT2D eigenvalue weighted by atomic mass is 9.76. The van der Waals surface area contributed by atoms with Crippen LogP contribution in [0.2, 0.25) is 0 Å². The van der Waals surface area contributed by atoms with Gasteiger partial charge in [0.2, 0.25) is 0 Å². The second-order valence-corrected chi connectivity index (χ2v) is 14.0. The Morgan fingerprint density at radius 3 is 1.18 bits per heavy atom. The number of esters is 2. The number of hydrogen-bond acceptors (Lipinski definition) is 6. The van der Waals surface area contributed by atoms with Crippen molar-refractivity contribution in [2.45, 2.75) is 108 Å². The first kappa shape index (κ1) is 32.2. The van der Waals surface area contributed by atoms with Crippen molar-refractivity contribution in [3.8, 4) is 0 Å². The van der Waals surface area contributed by atoms with Gasteiger partial charge >= 0.3 is 18.0 Å². The third-order valence-corrected chi connectivity index (χ3v) is 4.89. The number of carbonyl (C=O) groups excluding carboxylic acids is 3. The molecule has 0 aliphatic carbocycles. The van der Waals surface area contributed by atoms with E-state index in [1.165, 1.54) is 4.90 Å². The third-order valence-electron chi connectivity index (χ3n) is 4.89. The van der Waals surface area contributed by atoms with Gasteiger partial charge in [-0.05, 0) is 72.1 Å². The summed E-state index contributed by atoms with van der Waals surface area (Å²) in [5.41, 5.74) is -1.98. The fourth-order valence-electron chi connectivity index (χ4n) is 4.30. The Morgan fingerprint density at radius 1 is 0.588 bits per heavy atom. The van der Waals surface area contributed by atoms with Crippen LogP contribution >= 0.6 is 0 Å². The molecule has 0 unspecified atom stereocenters. The summed E-state index contributed by atoms with van der Waals surface area (Å²) in [7, 11) is 0. The van der Waals surface area contributed by atoms with Crippen molar-refractivity contribution < 1.29 is 28.6 Å². The molecule has 0 spiro atoms. The van der Waals surface area contributed by atoms with Crippen LogP contribution in [-0.2, 0) is 23.8 Å². The Hall–Kier alpha value is -1.79. The molecular weight excluding hydrogens is 434 g/mol. The minimum Gasteiger partial charge on any atom is -0.463 e. The van der Waals surface area contributed by atoms with Crippen LogP contribution in [0, 0.1) is 21.7 Å². The van der Waals surface area contributed by atoms with Crippen molar-refractivity contribution in [2.75, 3.05) is 26.3 Å². The van der Waals surface area contributed by atoms with Crippen LogP contribution in [0.25, 0.3) is 0 Å². The van der Waals surface area contributed by atoms with E-state index >= 15 is 0 Å². The largest absolute Gasteiger partial charge is 0.463 e. The van der Waals surface area contributed by atoms with Gasteiger partial charge in [0.1, 0.15) is 18.8 Å². The highest BCUT2D eigenvalue weighted by Gasteiger charge is 2.35. The Bertz CT molecular complexity index is 643. The van der Waals surface area contributed by atoms with E-state index in [-0.39, 0.29) is 49.1 Å². The van der Waals surface area contributed by atoms with E-state index in [4.69, 9.17) is 14.2 Å². The third kappa shape index (κ3) is 13.8. The predicted molar refractivity (Wildman–Crippen MR) is 135 cm³/mol. The number of carbonyl (C=O) groups is 3. The average Bonchev–Trinajstić information content (AvgIpc) is 2.54. The van der Waals surface area contributed by atoms with Crippen molar-refractivity contribution in [1.29, 1.82) is 0 Å². The van der Waals surface area contributed by atoms with Crippen LogP contribution < -0.4 is 0 Å². The number of ether oxygens (including phenoxy) is 3. The number of hydrogen-bond donors (Lipinski definition) is 0. The summed E-state index contributed by atoms with van der Waals surface area (Å²) < 4.78 is 16.5. The van der Waals surface area contributed by atoms with E-state index < -0.39 is 22.5 Å². The summed E-state index contributed by atoms with van der Waals surface area (Å²) in [6, 6.07) is 0. The van der Waals surface area contributed by atoms with Gasteiger partial charge in [0.15, 0.2) is 0 Å². The van der Waals surface area contributed by atoms with Gasteiger partial charge in [0.05, 0.1) is 23.9 Å². The van der Waals surface area contributed by atoms with E-state index in [2.05, 4.69) is 41.5 Å². The molecule has 0 bridgehead atoms. The van der Waals surface area contributed by atoms with Gasteiger partial charge in [0, 0.05) is 0 Å². The number of amides is 1. The summed E-state index contributed by atoms with van der Waals surface area (Å²) in [5.74, 6) is -0.608. The Labute approximate surface area is 208 Å². The van der Waals surface area contributed by atoms with E-state index in [0.29, 0.717) is 12.8 Å². The molecule has 0 aromatic heterocycles. The monoisotopic (exact) mass is 485 g/mol. The minimum atomic E-state index is -0.675. The van der Waals surface area contributed by atoms with E-state index in [1.54, 1.807) is 20.8 Å². The first-order valence-electron chi connectivity index (χ1n) is 12.3. The van der Waals surface area contributed by atoms with Gasteiger partial charge in [-0.25, -0.2) is 4.79 Å². The summed E-state index contributed by atoms with van der Waals surface area (Å²) in [5, 5.41) is 0. The van der Waals surface area contributed by atoms with Crippen molar-refractivity contribution in [3.63, 3.8) is 0 Å². The molecule has 0 aliphatic heterocycles. The molecule has 0 aromatic rings. The van der Waals surface area contributed by atoms with Crippen LogP contribution in [0.4, 0.5) is 4.79 Å². The number of nitrogens with zero attached hydrogens (tertiary/aromatic N) is 1.